The van der Waals surface area contributed by atoms with E-state index in [1.165, 1.54) is 50.4 Å². The highest BCUT2D eigenvalue weighted by Crippen LogP contribution is 2.54. The summed E-state index contributed by atoms with van der Waals surface area (Å²) in [5.41, 5.74) is 20.9. The summed E-state index contributed by atoms with van der Waals surface area (Å²) in [5, 5.41) is 0. The van der Waals surface area contributed by atoms with E-state index in [4.69, 9.17) is 4.98 Å². The topological polar surface area (TPSA) is 25.9 Å². The number of para-hydroxylation sites is 3. The van der Waals surface area contributed by atoms with Crippen LogP contribution in [0.2, 0.25) is 0 Å². The maximum Gasteiger partial charge on any atom is 0.137 e. The smallest absolute Gasteiger partial charge is 0.137 e. The number of rotatable bonds is 7. The number of aromatic nitrogens is 1. The lowest BCUT2D eigenvalue weighted by atomic mass is 9.81. The Kier molecular flexibility index (Phi) is 11.2. The minimum absolute atomic E-state index is 0.00323. The second-order valence-corrected chi connectivity index (χ2v) is 22.2. The normalized spacial score (nSPS) is 13.3. The summed E-state index contributed by atoms with van der Waals surface area (Å²) in [6.45, 7) is 21.6. The Morgan fingerprint density at radius 3 is 1.63 bits per heavy atom. The van der Waals surface area contributed by atoms with Gasteiger partial charge in [-0.2, -0.15) is 0 Å². The fraction of sp³-hybridized carbons (Fsp3) is 0.197. The maximum atomic E-state index is 5.08. The molecule has 3 heterocycles. The lowest BCUT2D eigenvalue weighted by Crippen LogP contribution is -2.28. The molecule has 2 aliphatic heterocycles. The average molecular weight is 926 g/mol. The van der Waals surface area contributed by atoms with E-state index in [1.54, 1.807) is 0 Å². The van der Waals surface area contributed by atoms with Gasteiger partial charge in [-0.05, 0) is 134 Å². The van der Waals surface area contributed by atoms with Gasteiger partial charge in [0.25, 0.3) is 0 Å². The molecule has 1 aromatic heterocycles. The van der Waals surface area contributed by atoms with Crippen LogP contribution in [0.3, 0.4) is 0 Å². The van der Waals surface area contributed by atoms with E-state index in [2.05, 4.69) is 276 Å². The van der Waals surface area contributed by atoms with Crippen LogP contribution in [0, 0.1) is 0 Å². The lowest BCUT2D eigenvalue weighted by Gasteiger charge is -2.33. The predicted molar refractivity (Wildman–Crippen MR) is 302 cm³/mol. The zero-order chi connectivity index (χ0) is 49.2. The van der Waals surface area contributed by atoms with Crippen molar-refractivity contribution < 1.29 is 0 Å². The number of fused-ring (bicyclic) bond motifs is 6. The van der Waals surface area contributed by atoms with Gasteiger partial charge >= 0.3 is 0 Å². The molecule has 0 unspecified atom stereocenters. The SMILES string of the molecule is CC(C)(C)c1cc(N2CN(c3cc(C(C)(C)C)ccc3C(C)(C)C)c3ccccc32)cc(N(c2ccccc2)c2ccc3c(c2)N(c2ccccn2)c2cc(-c4ccccc4)ccc2-c2ccccc2-3)c1. The van der Waals surface area contributed by atoms with Crippen LogP contribution in [0.4, 0.5) is 57.0 Å². The zero-order valence-electron chi connectivity index (χ0n) is 42.6. The first kappa shape index (κ1) is 45.5. The number of hydrogen-bond donors (Lipinski definition) is 0. The molecule has 71 heavy (non-hydrogen) atoms. The largest absolute Gasteiger partial charge is 0.321 e. The van der Waals surface area contributed by atoms with Crippen molar-refractivity contribution in [3.8, 4) is 33.4 Å². The third-order valence-electron chi connectivity index (χ3n) is 14.3. The number of anilines is 10. The van der Waals surface area contributed by atoms with Crippen LogP contribution in [0.5, 0.6) is 0 Å². The fourth-order valence-electron chi connectivity index (χ4n) is 10.5. The molecular weight excluding hydrogens is 863 g/mol. The number of hydrogen-bond acceptors (Lipinski definition) is 5. The van der Waals surface area contributed by atoms with Crippen molar-refractivity contribution in [2.45, 2.75) is 78.6 Å². The molecule has 0 fully saturated rings. The third kappa shape index (κ3) is 8.44. The second-order valence-electron chi connectivity index (χ2n) is 22.2. The standard InChI is InChI=1S/C66H63N5/c1-64(2,3)47-32-36-57(66(7,8)9)62(41-47)69-44-68(58-28-18-19-29-59(58)69)51-39-48(65(4,5)6)40-52(42-51)70(49-24-14-11-15-25-49)50-33-35-56-54-27-17-16-26-53(54)55-34-31-46(45-22-12-10-13-23-45)38-60(55)71(61(56)43-50)63-30-20-21-37-67-63/h10-43H,44H2,1-9H3. The summed E-state index contributed by atoms with van der Waals surface area (Å²) >= 11 is 0. The van der Waals surface area contributed by atoms with Crippen molar-refractivity contribution in [3.05, 3.63) is 223 Å². The first-order valence-corrected chi connectivity index (χ1v) is 25.1. The first-order valence-electron chi connectivity index (χ1n) is 25.1. The zero-order valence-corrected chi connectivity index (χ0v) is 42.6. The number of benzene rings is 8. The van der Waals surface area contributed by atoms with Crippen molar-refractivity contribution in [2.75, 3.05) is 26.3 Å². The summed E-state index contributed by atoms with van der Waals surface area (Å²) in [6.07, 6.45) is 1.90. The molecule has 0 saturated carbocycles. The number of nitrogens with zero attached hydrogens (tertiary/aromatic N) is 5. The Morgan fingerprint density at radius 2 is 0.986 bits per heavy atom. The molecule has 0 spiro atoms. The third-order valence-corrected chi connectivity index (χ3v) is 14.3. The van der Waals surface area contributed by atoms with E-state index in [0.717, 1.165) is 56.6 Å². The molecular formula is C66H63N5. The molecule has 0 atom stereocenters. The Hall–Kier alpha value is -7.89. The molecule has 0 saturated heterocycles. The molecule has 0 aliphatic carbocycles. The lowest BCUT2D eigenvalue weighted by molar-refractivity contribution is 0.576. The van der Waals surface area contributed by atoms with Gasteiger partial charge in [0.1, 0.15) is 12.5 Å². The van der Waals surface area contributed by atoms with Crippen LogP contribution in [0.25, 0.3) is 33.4 Å². The Morgan fingerprint density at radius 1 is 0.380 bits per heavy atom. The molecule has 9 aromatic rings. The van der Waals surface area contributed by atoms with E-state index in [1.807, 2.05) is 12.3 Å². The Bertz CT molecular complexity index is 3410. The summed E-state index contributed by atoms with van der Waals surface area (Å²) in [7, 11) is 0. The minimum Gasteiger partial charge on any atom is -0.321 e. The molecule has 0 radical (unpaired) electrons. The summed E-state index contributed by atoms with van der Waals surface area (Å²) in [5.74, 6) is 0.855. The van der Waals surface area contributed by atoms with Gasteiger partial charge in [-0.25, -0.2) is 4.98 Å². The second kappa shape index (κ2) is 17.5. The van der Waals surface area contributed by atoms with E-state index < -0.39 is 0 Å². The van der Waals surface area contributed by atoms with Crippen LogP contribution in [-0.2, 0) is 16.2 Å². The highest BCUT2D eigenvalue weighted by atomic mass is 15.4. The van der Waals surface area contributed by atoms with Gasteiger partial charge in [-0.1, -0.05) is 184 Å². The average Bonchev–Trinajstić information content (AvgIpc) is 3.71. The van der Waals surface area contributed by atoms with E-state index in [-0.39, 0.29) is 16.2 Å². The van der Waals surface area contributed by atoms with Crippen LogP contribution in [0.1, 0.15) is 79.0 Å². The van der Waals surface area contributed by atoms with Crippen molar-refractivity contribution >= 4 is 57.0 Å². The number of pyridine rings is 1. The molecule has 352 valence electrons. The van der Waals surface area contributed by atoms with Crippen LogP contribution >= 0.6 is 0 Å². The van der Waals surface area contributed by atoms with Crippen LogP contribution < -0.4 is 19.6 Å². The van der Waals surface area contributed by atoms with Gasteiger partial charge < -0.3 is 14.7 Å². The summed E-state index contributed by atoms with van der Waals surface area (Å²) in [4.78, 5) is 15.0. The van der Waals surface area contributed by atoms with Crippen molar-refractivity contribution in [1.82, 2.24) is 4.98 Å². The highest BCUT2D eigenvalue weighted by molar-refractivity contribution is 6.04. The predicted octanol–water partition coefficient (Wildman–Crippen LogP) is 18.5. The summed E-state index contributed by atoms with van der Waals surface area (Å²) < 4.78 is 0. The van der Waals surface area contributed by atoms with Crippen LogP contribution in [-0.4, -0.2) is 11.7 Å². The van der Waals surface area contributed by atoms with Gasteiger partial charge in [0.15, 0.2) is 0 Å². The molecule has 0 amide bonds. The molecule has 2 aliphatic rings. The van der Waals surface area contributed by atoms with Gasteiger partial charge in [-0.3, -0.25) is 4.90 Å². The molecule has 0 N–H and O–H groups in total. The van der Waals surface area contributed by atoms with Gasteiger partial charge in [-0.15, -0.1) is 0 Å². The van der Waals surface area contributed by atoms with E-state index in [9.17, 15) is 0 Å². The maximum absolute atomic E-state index is 5.08. The van der Waals surface area contributed by atoms with Crippen molar-refractivity contribution in [3.63, 3.8) is 0 Å². The molecule has 0 bridgehead atoms. The minimum atomic E-state index is -0.153. The molecule has 5 heteroatoms. The van der Waals surface area contributed by atoms with E-state index >= 15 is 0 Å². The Labute approximate surface area is 421 Å². The van der Waals surface area contributed by atoms with Crippen molar-refractivity contribution in [1.29, 1.82) is 0 Å². The fourth-order valence-corrected chi connectivity index (χ4v) is 10.5. The molecule has 11 rings (SSSR count). The molecule has 8 aromatic carbocycles. The Balaban J connectivity index is 1.11. The monoisotopic (exact) mass is 926 g/mol. The van der Waals surface area contributed by atoms with Gasteiger partial charge in [0.05, 0.1) is 22.7 Å². The summed E-state index contributed by atoms with van der Waals surface area (Å²) in [6, 6.07) is 73.8. The van der Waals surface area contributed by atoms with Gasteiger partial charge in [0, 0.05) is 45.8 Å². The van der Waals surface area contributed by atoms with Crippen molar-refractivity contribution in [2.24, 2.45) is 0 Å². The van der Waals surface area contributed by atoms with Crippen LogP contribution in [0.15, 0.2) is 206 Å². The highest BCUT2D eigenvalue weighted by Gasteiger charge is 2.34. The van der Waals surface area contributed by atoms with Gasteiger partial charge in [0.2, 0.25) is 0 Å². The van der Waals surface area contributed by atoms with E-state index in [0.29, 0.717) is 6.67 Å². The quantitative estimate of drug-likeness (QED) is 0.159. The molecule has 5 nitrogen and oxygen atoms in total. The first-order chi connectivity index (χ1) is 34.1.